The molecule has 1 unspecified atom stereocenters. The third kappa shape index (κ3) is 62.1. The zero-order valence-electron chi connectivity index (χ0n) is 50.3. The van der Waals surface area contributed by atoms with Crippen LogP contribution in [0.3, 0.4) is 0 Å². The van der Waals surface area contributed by atoms with Crippen molar-refractivity contribution in [2.24, 2.45) is 0 Å². The van der Waals surface area contributed by atoms with E-state index in [0.717, 1.165) is 89.9 Å². The van der Waals surface area contributed by atoms with Crippen LogP contribution >= 0.6 is 0 Å². The molecule has 0 amide bonds. The Morgan fingerprint density at radius 1 is 0.267 bits per heavy atom. The van der Waals surface area contributed by atoms with Gasteiger partial charge in [-0.3, -0.25) is 14.4 Å². The summed E-state index contributed by atoms with van der Waals surface area (Å²) in [5.74, 6) is -0.881. The summed E-state index contributed by atoms with van der Waals surface area (Å²) in [5.41, 5.74) is 0. The van der Waals surface area contributed by atoms with Crippen LogP contribution in [0.15, 0.2) is 48.6 Å². The van der Waals surface area contributed by atoms with E-state index in [-0.39, 0.29) is 31.1 Å². The molecule has 6 nitrogen and oxygen atoms in total. The molecular formula is C69H126O6. The third-order valence-electron chi connectivity index (χ3n) is 14.8. The van der Waals surface area contributed by atoms with Crippen molar-refractivity contribution in [3.63, 3.8) is 0 Å². The van der Waals surface area contributed by atoms with Crippen molar-refractivity contribution in [2.45, 2.75) is 361 Å². The molecule has 438 valence electrons. The van der Waals surface area contributed by atoms with Crippen molar-refractivity contribution in [2.75, 3.05) is 13.2 Å². The molecule has 0 spiro atoms. The second-order valence-corrected chi connectivity index (χ2v) is 22.4. The third-order valence-corrected chi connectivity index (χ3v) is 14.8. The molecule has 0 aromatic rings. The first kappa shape index (κ1) is 72.4. The first-order valence-corrected chi connectivity index (χ1v) is 33.1. The minimum Gasteiger partial charge on any atom is -0.462 e. The molecule has 0 fully saturated rings. The summed E-state index contributed by atoms with van der Waals surface area (Å²) in [6.45, 7) is 6.58. The Hall–Kier alpha value is -2.63. The van der Waals surface area contributed by atoms with E-state index in [4.69, 9.17) is 14.2 Å². The molecule has 0 N–H and O–H groups in total. The lowest BCUT2D eigenvalue weighted by molar-refractivity contribution is -0.167. The number of carbonyl (C=O) groups excluding carboxylic acids is 3. The number of hydrogen-bond acceptors (Lipinski definition) is 6. The van der Waals surface area contributed by atoms with E-state index in [9.17, 15) is 14.4 Å². The highest BCUT2D eigenvalue weighted by Gasteiger charge is 2.19. The second-order valence-electron chi connectivity index (χ2n) is 22.4. The smallest absolute Gasteiger partial charge is 0.306 e. The van der Waals surface area contributed by atoms with Crippen LogP contribution in [0, 0.1) is 0 Å². The van der Waals surface area contributed by atoms with E-state index in [1.807, 2.05) is 0 Å². The summed E-state index contributed by atoms with van der Waals surface area (Å²) in [6.07, 6.45) is 80.4. The fourth-order valence-corrected chi connectivity index (χ4v) is 9.80. The van der Waals surface area contributed by atoms with Gasteiger partial charge < -0.3 is 14.2 Å². The van der Waals surface area contributed by atoms with Gasteiger partial charge in [0.1, 0.15) is 13.2 Å². The van der Waals surface area contributed by atoms with Crippen LogP contribution in [0.5, 0.6) is 0 Å². The van der Waals surface area contributed by atoms with Gasteiger partial charge in [-0.05, 0) is 83.5 Å². The molecule has 0 rings (SSSR count). The predicted molar refractivity (Wildman–Crippen MR) is 325 cm³/mol. The molecule has 0 aliphatic rings. The Morgan fingerprint density at radius 3 is 0.747 bits per heavy atom. The number of unbranched alkanes of at least 4 members (excludes halogenated alkanes) is 42. The van der Waals surface area contributed by atoms with E-state index >= 15 is 0 Å². The summed E-state index contributed by atoms with van der Waals surface area (Å²) >= 11 is 0. The summed E-state index contributed by atoms with van der Waals surface area (Å²) in [7, 11) is 0. The minimum absolute atomic E-state index is 0.0747. The minimum atomic E-state index is -0.775. The van der Waals surface area contributed by atoms with Crippen molar-refractivity contribution in [3.05, 3.63) is 48.6 Å². The molecule has 0 saturated heterocycles. The molecule has 1 atom stereocenters. The normalized spacial score (nSPS) is 12.3. The van der Waals surface area contributed by atoms with Gasteiger partial charge in [0, 0.05) is 19.3 Å². The van der Waals surface area contributed by atoms with Crippen molar-refractivity contribution in [1.29, 1.82) is 0 Å². The number of carbonyl (C=O) groups is 3. The van der Waals surface area contributed by atoms with E-state index in [2.05, 4.69) is 69.4 Å². The topological polar surface area (TPSA) is 78.9 Å². The van der Waals surface area contributed by atoms with Crippen molar-refractivity contribution >= 4 is 17.9 Å². The average Bonchev–Trinajstić information content (AvgIpc) is 3.41. The van der Waals surface area contributed by atoms with Crippen LogP contribution in [-0.4, -0.2) is 37.2 Å². The number of hydrogen-bond donors (Lipinski definition) is 0. The first-order chi connectivity index (χ1) is 37.0. The standard InChI is InChI=1S/C69H126O6/c1-4-7-10-13-16-18-20-22-24-26-27-28-29-30-31-32-33-34-35-36-37-38-39-40-41-42-43-44-46-47-49-51-53-56-59-62-68(71)74-65-66(64-73-67(70)61-58-55-15-12-9-6-3)75-69(72)63-60-57-54-52-50-48-45-25-23-21-19-17-14-11-8-5-2/h19-22,25-27,45,66H,4-18,23-24,28-44,46-65H2,1-3H3/b21-19-,22-20-,27-26-,45-25-. The number of esters is 3. The number of rotatable bonds is 61. The molecule has 0 aliphatic carbocycles. The predicted octanol–water partition coefficient (Wildman–Crippen LogP) is 22.6. The lowest BCUT2D eigenvalue weighted by Gasteiger charge is -2.18. The Kier molecular flexibility index (Phi) is 61.7. The number of ether oxygens (including phenoxy) is 3. The van der Waals surface area contributed by atoms with E-state index in [1.165, 1.54) is 225 Å². The molecule has 0 radical (unpaired) electrons. The molecule has 0 aromatic heterocycles. The molecule has 0 bridgehead atoms. The van der Waals surface area contributed by atoms with Gasteiger partial charge in [-0.2, -0.15) is 0 Å². The van der Waals surface area contributed by atoms with Crippen LogP contribution in [0.1, 0.15) is 355 Å². The molecule has 0 heterocycles. The Labute approximate surface area is 467 Å². The van der Waals surface area contributed by atoms with Gasteiger partial charge in [-0.25, -0.2) is 0 Å². The van der Waals surface area contributed by atoms with Gasteiger partial charge in [0.05, 0.1) is 0 Å². The monoisotopic (exact) mass is 1050 g/mol. The van der Waals surface area contributed by atoms with Crippen molar-refractivity contribution in [1.82, 2.24) is 0 Å². The largest absolute Gasteiger partial charge is 0.462 e. The van der Waals surface area contributed by atoms with Crippen LogP contribution in [0.2, 0.25) is 0 Å². The average molecular weight is 1050 g/mol. The Balaban J connectivity index is 3.91. The lowest BCUT2D eigenvalue weighted by atomic mass is 10.0. The van der Waals surface area contributed by atoms with Crippen LogP contribution in [0.4, 0.5) is 0 Å². The number of allylic oxidation sites excluding steroid dienone is 8. The highest BCUT2D eigenvalue weighted by atomic mass is 16.6. The highest BCUT2D eigenvalue weighted by Crippen LogP contribution is 2.18. The van der Waals surface area contributed by atoms with Crippen molar-refractivity contribution in [3.8, 4) is 0 Å². The maximum atomic E-state index is 12.8. The summed E-state index contributed by atoms with van der Waals surface area (Å²) < 4.78 is 16.8. The van der Waals surface area contributed by atoms with Gasteiger partial charge in [0.15, 0.2) is 6.10 Å². The Bertz CT molecular complexity index is 1300. The lowest BCUT2D eigenvalue weighted by Crippen LogP contribution is -2.30. The fourth-order valence-electron chi connectivity index (χ4n) is 9.80. The van der Waals surface area contributed by atoms with Crippen LogP contribution in [-0.2, 0) is 28.6 Å². The SMILES string of the molecule is CCCCCC/C=C\C/C=C\CCCCCCCC(=O)OC(COC(=O)CCCCCCCC)COC(=O)CCCCCCCCCCCCCCCCCCCCCCCCC/C=C\C/C=C\CCCCCCC. The van der Waals surface area contributed by atoms with E-state index < -0.39 is 6.10 Å². The van der Waals surface area contributed by atoms with Gasteiger partial charge in [0.2, 0.25) is 0 Å². The van der Waals surface area contributed by atoms with Crippen molar-refractivity contribution < 1.29 is 28.6 Å². The van der Waals surface area contributed by atoms with Gasteiger partial charge >= 0.3 is 17.9 Å². The quantitative estimate of drug-likeness (QED) is 0.0261. The summed E-state index contributed by atoms with van der Waals surface area (Å²) in [6, 6.07) is 0. The molecule has 6 heteroatoms. The molecule has 0 saturated carbocycles. The molecule has 75 heavy (non-hydrogen) atoms. The zero-order valence-corrected chi connectivity index (χ0v) is 50.3. The second kappa shape index (κ2) is 63.9. The maximum Gasteiger partial charge on any atom is 0.306 e. The van der Waals surface area contributed by atoms with Gasteiger partial charge in [0.25, 0.3) is 0 Å². The molecular weight excluding hydrogens is 925 g/mol. The van der Waals surface area contributed by atoms with Gasteiger partial charge in [-0.1, -0.05) is 301 Å². The summed E-state index contributed by atoms with van der Waals surface area (Å²) in [5, 5.41) is 0. The zero-order chi connectivity index (χ0) is 54.3. The molecule has 0 aromatic carbocycles. The highest BCUT2D eigenvalue weighted by molar-refractivity contribution is 5.71. The van der Waals surface area contributed by atoms with Gasteiger partial charge in [-0.15, -0.1) is 0 Å². The van der Waals surface area contributed by atoms with Crippen LogP contribution < -0.4 is 0 Å². The Morgan fingerprint density at radius 2 is 0.480 bits per heavy atom. The molecule has 0 aliphatic heterocycles. The van der Waals surface area contributed by atoms with E-state index in [1.54, 1.807) is 0 Å². The first-order valence-electron chi connectivity index (χ1n) is 33.1. The van der Waals surface area contributed by atoms with Crippen LogP contribution in [0.25, 0.3) is 0 Å². The van der Waals surface area contributed by atoms with E-state index in [0.29, 0.717) is 19.3 Å². The maximum absolute atomic E-state index is 12.8. The summed E-state index contributed by atoms with van der Waals surface area (Å²) in [4.78, 5) is 37.9. The fraction of sp³-hybridized carbons (Fsp3) is 0.841.